The minimum Gasteiger partial charge on any atom is -0.374 e. The first-order valence-electron chi connectivity index (χ1n) is 6.18. The second-order valence-electron chi connectivity index (χ2n) is 5.52. The normalized spacial score (nSPS) is 12.6. The van der Waals surface area contributed by atoms with Crippen LogP contribution in [0.5, 0.6) is 0 Å². The average molecular weight is 263 g/mol. The van der Waals surface area contributed by atoms with Crippen LogP contribution in [-0.4, -0.2) is 18.0 Å². The van der Waals surface area contributed by atoms with Crippen LogP contribution in [0, 0.1) is 0 Å². The molecule has 1 unspecified atom stereocenters. The molecule has 0 aliphatic rings. The lowest BCUT2D eigenvalue weighted by Gasteiger charge is -2.25. The van der Waals surface area contributed by atoms with E-state index in [2.05, 4.69) is 31.4 Å². The van der Waals surface area contributed by atoms with Gasteiger partial charge in [0.2, 0.25) is 5.91 Å². The number of carbonyl (C=O) groups excluding carboxylic acids is 2. The Morgan fingerprint density at radius 1 is 1.21 bits per heavy atom. The lowest BCUT2D eigenvalue weighted by atomic mass is 9.85. The van der Waals surface area contributed by atoms with E-state index in [-0.39, 0.29) is 5.41 Å². The van der Waals surface area contributed by atoms with Crippen molar-refractivity contribution in [3.8, 4) is 0 Å². The Kier molecular flexibility index (Phi) is 4.53. The Hall–Kier alpha value is -2.04. The van der Waals surface area contributed by atoms with E-state index in [4.69, 9.17) is 5.73 Å². The molecule has 0 spiro atoms. The SMILES string of the molecule is CC(Nc1ccccc1C(C)(C)C)C(=O)NC(N)=O. The van der Waals surface area contributed by atoms with Crippen LogP contribution in [0.25, 0.3) is 0 Å². The highest BCUT2D eigenvalue weighted by atomic mass is 16.2. The van der Waals surface area contributed by atoms with Gasteiger partial charge in [0.15, 0.2) is 0 Å². The molecule has 0 bridgehead atoms. The number of carbonyl (C=O) groups is 2. The predicted molar refractivity (Wildman–Crippen MR) is 76.0 cm³/mol. The van der Waals surface area contributed by atoms with E-state index in [1.54, 1.807) is 6.92 Å². The van der Waals surface area contributed by atoms with Crippen LogP contribution in [0.2, 0.25) is 0 Å². The molecule has 19 heavy (non-hydrogen) atoms. The summed E-state index contributed by atoms with van der Waals surface area (Å²) in [6.07, 6.45) is 0. The topological polar surface area (TPSA) is 84.2 Å². The summed E-state index contributed by atoms with van der Waals surface area (Å²) in [5.41, 5.74) is 6.87. The highest BCUT2D eigenvalue weighted by Crippen LogP contribution is 2.29. The molecule has 4 N–H and O–H groups in total. The van der Waals surface area contributed by atoms with Gasteiger partial charge in [0, 0.05) is 5.69 Å². The van der Waals surface area contributed by atoms with Crippen molar-refractivity contribution in [2.24, 2.45) is 5.73 Å². The molecule has 0 aromatic heterocycles. The maximum atomic E-state index is 11.6. The molecule has 3 amide bonds. The van der Waals surface area contributed by atoms with Gasteiger partial charge in [-0.25, -0.2) is 4.79 Å². The minimum absolute atomic E-state index is 0.0382. The Morgan fingerprint density at radius 3 is 2.32 bits per heavy atom. The molecule has 0 heterocycles. The van der Waals surface area contributed by atoms with Crippen molar-refractivity contribution in [1.82, 2.24) is 5.32 Å². The van der Waals surface area contributed by atoms with Gasteiger partial charge in [-0.2, -0.15) is 0 Å². The summed E-state index contributed by atoms with van der Waals surface area (Å²) >= 11 is 0. The zero-order valence-corrected chi connectivity index (χ0v) is 11.8. The van der Waals surface area contributed by atoms with Gasteiger partial charge in [0.05, 0.1) is 0 Å². The zero-order valence-electron chi connectivity index (χ0n) is 11.8. The van der Waals surface area contributed by atoms with Gasteiger partial charge in [0.1, 0.15) is 6.04 Å². The van der Waals surface area contributed by atoms with Gasteiger partial charge in [-0.1, -0.05) is 39.0 Å². The van der Waals surface area contributed by atoms with Crippen LogP contribution in [0.15, 0.2) is 24.3 Å². The molecule has 0 aliphatic heterocycles. The summed E-state index contributed by atoms with van der Waals surface area (Å²) in [6.45, 7) is 7.97. The third kappa shape index (κ3) is 4.28. The lowest BCUT2D eigenvalue weighted by molar-refractivity contribution is -0.120. The molecule has 0 fully saturated rings. The quantitative estimate of drug-likeness (QED) is 0.779. The Labute approximate surface area is 113 Å². The molecule has 5 nitrogen and oxygen atoms in total. The molecule has 5 heteroatoms. The fourth-order valence-corrected chi connectivity index (χ4v) is 1.79. The van der Waals surface area contributed by atoms with Crippen molar-refractivity contribution >= 4 is 17.6 Å². The van der Waals surface area contributed by atoms with Crippen LogP contribution in [0.4, 0.5) is 10.5 Å². The lowest BCUT2D eigenvalue weighted by Crippen LogP contribution is -2.43. The highest BCUT2D eigenvalue weighted by Gasteiger charge is 2.20. The smallest absolute Gasteiger partial charge is 0.318 e. The molecule has 1 rings (SSSR count). The first kappa shape index (κ1) is 15.0. The second-order valence-corrected chi connectivity index (χ2v) is 5.52. The Morgan fingerprint density at radius 2 is 1.79 bits per heavy atom. The first-order chi connectivity index (χ1) is 8.71. The Bertz CT molecular complexity index is 478. The maximum Gasteiger partial charge on any atom is 0.318 e. The standard InChI is InChI=1S/C14H21N3O2/c1-9(12(18)17-13(15)19)16-11-8-6-5-7-10(11)14(2,3)4/h5-9,16H,1-4H3,(H3,15,17,18,19). The summed E-state index contributed by atoms with van der Waals surface area (Å²) in [4.78, 5) is 22.3. The van der Waals surface area contributed by atoms with Crippen molar-refractivity contribution in [3.05, 3.63) is 29.8 Å². The van der Waals surface area contributed by atoms with Crippen molar-refractivity contribution in [3.63, 3.8) is 0 Å². The van der Waals surface area contributed by atoms with Gasteiger partial charge in [0.25, 0.3) is 0 Å². The molecule has 1 aromatic rings. The molecular weight excluding hydrogens is 242 g/mol. The van der Waals surface area contributed by atoms with Gasteiger partial charge in [-0.05, 0) is 24.0 Å². The van der Waals surface area contributed by atoms with E-state index in [1.807, 2.05) is 24.3 Å². The average Bonchev–Trinajstić information content (AvgIpc) is 2.27. The van der Waals surface area contributed by atoms with E-state index in [1.165, 1.54) is 0 Å². The number of imide groups is 1. The number of hydrogen-bond donors (Lipinski definition) is 3. The van der Waals surface area contributed by atoms with Crippen molar-refractivity contribution in [2.45, 2.75) is 39.2 Å². The fourth-order valence-electron chi connectivity index (χ4n) is 1.79. The molecule has 0 radical (unpaired) electrons. The fraction of sp³-hybridized carbons (Fsp3) is 0.429. The van der Waals surface area contributed by atoms with E-state index in [0.29, 0.717) is 0 Å². The summed E-state index contributed by atoms with van der Waals surface area (Å²) in [5, 5.41) is 5.16. The predicted octanol–water partition coefficient (Wildman–Crippen LogP) is 1.98. The van der Waals surface area contributed by atoms with Crippen LogP contribution in [-0.2, 0) is 10.2 Å². The molecular formula is C14H21N3O2. The summed E-state index contributed by atoms with van der Waals surface area (Å²) in [6, 6.07) is 6.39. The third-order valence-corrected chi connectivity index (χ3v) is 2.75. The summed E-state index contributed by atoms with van der Waals surface area (Å²) < 4.78 is 0. The second kappa shape index (κ2) is 5.73. The zero-order chi connectivity index (χ0) is 14.6. The number of anilines is 1. The highest BCUT2D eigenvalue weighted by molar-refractivity contribution is 5.97. The summed E-state index contributed by atoms with van der Waals surface area (Å²) in [5.74, 6) is -0.448. The van der Waals surface area contributed by atoms with Crippen LogP contribution in [0.1, 0.15) is 33.3 Å². The van der Waals surface area contributed by atoms with Crippen molar-refractivity contribution in [2.75, 3.05) is 5.32 Å². The molecule has 104 valence electrons. The molecule has 0 saturated heterocycles. The van der Waals surface area contributed by atoms with Gasteiger partial charge >= 0.3 is 6.03 Å². The molecule has 0 aliphatic carbocycles. The number of amides is 3. The van der Waals surface area contributed by atoms with Crippen molar-refractivity contribution < 1.29 is 9.59 Å². The molecule has 0 saturated carbocycles. The maximum absolute atomic E-state index is 11.6. The van der Waals surface area contributed by atoms with Crippen LogP contribution in [0.3, 0.4) is 0 Å². The number of primary amides is 1. The first-order valence-corrected chi connectivity index (χ1v) is 6.18. The monoisotopic (exact) mass is 263 g/mol. The van der Waals surface area contributed by atoms with E-state index >= 15 is 0 Å². The molecule has 1 atom stereocenters. The van der Waals surface area contributed by atoms with E-state index in [0.717, 1.165) is 11.3 Å². The van der Waals surface area contributed by atoms with Gasteiger partial charge in [-0.15, -0.1) is 0 Å². The van der Waals surface area contributed by atoms with E-state index < -0.39 is 18.0 Å². The number of nitrogens with one attached hydrogen (secondary N) is 2. The number of hydrogen-bond acceptors (Lipinski definition) is 3. The summed E-state index contributed by atoms with van der Waals surface area (Å²) in [7, 11) is 0. The number of para-hydroxylation sites is 1. The number of rotatable bonds is 3. The van der Waals surface area contributed by atoms with Gasteiger partial charge < -0.3 is 11.1 Å². The van der Waals surface area contributed by atoms with Crippen molar-refractivity contribution in [1.29, 1.82) is 0 Å². The number of benzene rings is 1. The largest absolute Gasteiger partial charge is 0.374 e. The Balaban J connectivity index is 2.88. The third-order valence-electron chi connectivity index (χ3n) is 2.75. The number of nitrogens with two attached hydrogens (primary N) is 1. The van der Waals surface area contributed by atoms with Crippen LogP contribution >= 0.6 is 0 Å². The van der Waals surface area contributed by atoms with Gasteiger partial charge in [-0.3, -0.25) is 10.1 Å². The minimum atomic E-state index is -0.845. The van der Waals surface area contributed by atoms with Crippen LogP contribution < -0.4 is 16.4 Å². The number of urea groups is 1. The van der Waals surface area contributed by atoms with E-state index in [9.17, 15) is 9.59 Å². The molecule has 1 aromatic carbocycles.